The number of rotatable bonds is 4. The summed E-state index contributed by atoms with van der Waals surface area (Å²) in [6.45, 7) is 2.28. The van der Waals surface area contributed by atoms with E-state index in [1.54, 1.807) is 0 Å². The number of hydrogen-bond donors (Lipinski definition) is 1. The van der Waals surface area contributed by atoms with Crippen LogP contribution in [0.2, 0.25) is 0 Å². The Morgan fingerprint density at radius 3 is 2.62 bits per heavy atom. The summed E-state index contributed by atoms with van der Waals surface area (Å²) >= 11 is 2.16. The van der Waals surface area contributed by atoms with E-state index in [0.29, 0.717) is 0 Å². The lowest BCUT2D eigenvalue weighted by atomic mass is 9.92. The van der Waals surface area contributed by atoms with Crippen LogP contribution in [0.4, 0.5) is 0 Å². The van der Waals surface area contributed by atoms with Gasteiger partial charge in [0.2, 0.25) is 0 Å². The lowest BCUT2D eigenvalue weighted by Crippen LogP contribution is -2.41. The third-order valence-electron chi connectivity index (χ3n) is 3.36. The van der Waals surface area contributed by atoms with Crippen LogP contribution in [0.5, 0.6) is 0 Å². The number of nitrogens with one attached hydrogen (secondary N) is 1. The SMILES string of the molecule is CCSC1CCC(NC2CCC2)C1. The summed E-state index contributed by atoms with van der Waals surface area (Å²) in [5, 5.41) is 4.75. The molecule has 2 aliphatic carbocycles. The summed E-state index contributed by atoms with van der Waals surface area (Å²) < 4.78 is 0. The van der Waals surface area contributed by atoms with Gasteiger partial charge in [-0.2, -0.15) is 11.8 Å². The molecule has 2 atom stereocenters. The topological polar surface area (TPSA) is 12.0 Å². The van der Waals surface area contributed by atoms with Crippen molar-refractivity contribution in [3.05, 3.63) is 0 Å². The monoisotopic (exact) mass is 199 g/mol. The summed E-state index contributed by atoms with van der Waals surface area (Å²) in [7, 11) is 0. The van der Waals surface area contributed by atoms with E-state index in [1.165, 1.54) is 44.3 Å². The minimum Gasteiger partial charge on any atom is -0.311 e. The van der Waals surface area contributed by atoms with Crippen LogP contribution in [-0.4, -0.2) is 23.1 Å². The van der Waals surface area contributed by atoms with E-state index in [9.17, 15) is 0 Å². The molecule has 0 bridgehead atoms. The van der Waals surface area contributed by atoms with Gasteiger partial charge in [-0.25, -0.2) is 0 Å². The zero-order valence-corrected chi connectivity index (χ0v) is 9.41. The van der Waals surface area contributed by atoms with Gasteiger partial charge in [0.1, 0.15) is 0 Å². The van der Waals surface area contributed by atoms with Gasteiger partial charge < -0.3 is 5.32 Å². The molecule has 0 aliphatic heterocycles. The van der Waals surface area contributed by atoms with Crippen LogP contribution in [-0.2, 0) is 0 Å². The lowest BCUT2D eigenvalue weighted by Gasteiger charge is -2.29. The first-order valence-electron chi connectivity index (χ1n) is 5.76. The predicted molar refractivity (Wildman–Crippen MR) is 60.3 cm³/mol. The highest BCUT2D eigenvalue weighted by molar-refractivity contribution is 7.99. The van der Waals surface area contributed by atoms with E-state index in [4.69, 9.17) is 0 Å². The van der Waals surface area contributed by atoms with Crippen LogP contribution in [0, 0.1) is 0 Å². The standard InChI is InChI=1S/C11H21NS/c1-2-13-11-7-6-10(8-11)12-9-4-3-5-9/h9-12H,2-8H2,1H3. The minimum atomic E-state index is 0.856. The molecule has 0 aromatic heterocycles. The third-order valence-corrected chi connectivity index (χ3v) is 4.60. The van der Waals surface area contributed by atoms with Crippen molar-refractivity contribution in [2.45, 2.75) is 62.8 Å². The van der Waals surface area contributed by atoms with Gasteiger partial charge in [0, 0.05) is 17.3 Å². The Hall–Kier alpha value is 0.310. The molecule has 0 radical (unpaired) electrons. The molecule has 0 amide bonds. The first-order valence-corrected chi connectivity index (χ1v) is 6.81. The van der Waals surface area contributed by atoms with Crippen LogP contribution < -0.4 is 5.32 Å². The Morgan fingerprint density at radius 2 is 2.00 bits per heavy atom. The fraction of sp³-hybridized carbons (Fsp3) is 1.00. The van der Waals surface area contributed by atoms with E-state index >= 15 is 0 Å². The van der Waals surface area contributed by atoms with E-state index < -0.39 is 0 Å². The van der Waals surface area contributed by atoms with Crippen LogP contribution in [0.15, 0.2) is 0 Å². The fourth-order valence-corrected chi connectivity index (χ4v) is 3.53. The molecule has 0 heterocycles. The number of thioether (sulfide) groups is 1. The summed E-state index contributed by atoms with van der Waals surface area (Å²) in [5.74, 6) is 1.29. The van der Waals surface area contributed by atoms with E-state index in [1.807, 2.05) is 0 Å². The molecule has 2 saturated carbocycles. The smallest absolute Gasteiger partial charge is 0.00805 e. The molecule has 0 aromatic rings. The Labute approximate surface area is 86.0 Å². The normalized spacial score (nSPS) is 34.8. The van der Waals surface area contributed by atoms with Crippen molar-refractivity contribution in [3.63, 3.8) is 0 Å². The van der Waals surface area contributed by atoms with Gasteiger partial charge in [-0.3, -0.25) is 0 Å². The Balaban J connectivity index is 1.65. The molecule has 2 fully saturated rings. The maximum Gasteiger partial charge on any atom is 0.00805 e. The van der Waals surface area contributed by atoms with E-state index in [2.05, 4.69) is 24.0 Å². The van der Waals surface area contributed by atoms with Gasteiger partial charge in [-0.1, -0.05) is 13.3 Å². The second-order valence-electron chi connectivity index (χ2n) is 4.38. The zero-order valence-electron chi connectivity index (χ0n) is 8.59. The van der Waals surface area contributed by atoms with Crippen molar-refractivity contribution in [1.29, 1.82) is 0 Å². The molecular weight excluding hydrogens is 178 g/mol. The van der Waals surface area contributed by atoms with Crippen molar-refractivity contribution >= 4 is 11.8 Å². The van der Waals surface area contributed by atoms with Crippen molar-refractivity contribution in [2.75, 3.05) is 5.75 Å². The highest BCUT2D eigenvalue weighted by Gasteiger charge is 2.27. The fourth-order valence-electron chi connectivity index (χ4n) is 2.39. The van der Waals surface area contributed by atoms with Gasteiger partial charge in [-0.15, -0.1) is 0 Å². The van der Waals surface area contributed by atoms with Crippen LogP contribution in [0.1, 0.15) is 45.4 Å². The van der Waals surface area contributed by atoms with E-state index in [-0.39, 0.29) is 0 Å². The maximum absolute atomic E-state index is 3.79. The molecule has 2 unspecified atom stereocenters. The van der Waals surface area contributed by atoms with Crippen molar-refractivity contribution in [3.8, 4) is 0 Å². The average molecular weight is 199 g/mol. The molecular formula is C11H21NS. The molecule has 1 nitrogen and oxygen atoms in total. The maximum atomic E-state index is 3.79. The first-order chi connectivity index (χ1) is 6.38. The zero-order chi connectivity index (χ0) is 9.10. The number of hydrogen-bond acceptors (Lipinski definition) is 2. The van der Waals surface area contributed by atoms with Gasteiger partial charge in [-0.05, 0) is 37.9 Å². The molecule has 0 spiro atoms. The van der Waals surface area contributed by atoms with Crippen LogP contribution >= 0.6 is 11.8 Å². The average Bonchev–Trinajstić information content (AvgIpc) is 2.46. The summed E-state index contributed by atoms with van der Waals surface area (Å²) in [6, 6.07) is 1.74. The van der Waals surface area contributed by atoms with Gasteiger partial charge in [0.15, 0.2) is 0 Å². The summed E-state index contributed by atoms with van der Waals surface area (Å²) in [5.41, 5.74) is 0. The predicted octanol–water partition coefficient (Wildman–Crippen LogP) is 2.80. The van der Waals surface area contributed by atoms with Gasteiger partial charge in [0.05, 0.1) is 0 Å². The highest BCUT2D eigenvalue weighted by atomic mass is 32.2. The Morgan fingerprint density at radius 1 is 1.15 bits per heavy atom. The molecule has 76 valence electrons. The van der Waals surface area contributed by atoms with Crippen molar-refractivity contribution < 1.29 is 0 Å². The molecule has 2 aliphatic rings. The molecule has 0 aromatic carbocycles. The van der Waals surface area contributed by atoms with E-state index in [0.717, 1.165) is 17.3 Å². The molecule has 0 saturated heterocycles. The van der Waals surface area contributed by atoms with Crippen molar-refractivity contribution in [2.24, 2.45) is 0 Å². The lowest BCUT2D eigenvalue weighted by molar-refractivity contribution is 0.305. The van der Waals surface area contributed by atoms with Crippen LogP contribution in [0.3, 0.4) is 0 Å². The molecule has 13 heavy (non-hydrogen) atoms. The second kappa shape index (κ2) is 4.70. The quantitative estimate of drug-likeness (QED) is 0.747. The highest BCUT2D eigenvalue weighted by Crippen LogP contribution is 2.31. The minimum absolute atomic E-state index is 0.856. The molecule has 2 rings (SSSR count). The summed E-state index contributed by atoms with van der Waals surface area (Å²) in [6.07, 6.45) is 8.62. The summed E-state index contributed by atoms with van der Waals surface area (Å²) in [4.78, 5) is 0. The van der Waals surface area contributed by atoms with Crippen molar-refractivity contribution in [1.82, 2.24) is 5.32 Å². The molecule has 2 heteroatoms. The van der Waals surface area contributed by atoms with Crippen LogP contribution in [0.25, 0.3) is 0 Å². The molecule has 1 N–H and O–H groups in total. The van der Waals surface area contributed by atoms with Gasteiger partial charge in [0.25, 0.3) is 0 Å². The second-order valence-corrected chi connectivity index (χ2v) is 5.96. The van der Waals surface area contributed by atoms with Gasteiger partial charge >= 0.3 is 0 Å². The Kier molecular flexibility index (Phi) is 3.56. The third kappa shape index (κ3) is 2.63. The largest absolute Gasteiger partial charge is 0.311 e. The first kappa shape index (κ1) is 9.85. The Bertz CT molecular complexity index is 156.